The van der Waals surface area contributed by atoms with Gasteiger partial charge in [0.25, 0.3) is 5.91 Å². The minimum absolute atomic E-state index is 0.132. The highest BCUT2D eigenvalue weighted by Gasteiger charge is 2.20. The lowest BCUT2D eigenvalue weighted by molar-refractivity contribution is 0.0946. The Morgan fingerprint density at radius 3 is 2.48 bits per heavy atom. The number of aromatic nitrogens is 2. The standard InChI is InChI=1S/C18H12F3N3O/c19-12-5-10(6-13(20)17(12)21)15-7-9(1-3-22-15)16-8-11-14(24-16)2-4-23-18(11)25/h1,3,5-8,24H,2,4H2,(H,23,25). The first-order valence-corrected chi connectivity index (χ1v) is 7.64. The molecular weight excluding hydrogens is 331 g/mol. The number of aromatic amines is 1. The lowest BCUT2D eigenvalue weighted by Crippen LogP contribution is -2.31. The van der Waals surface area contributed by atoms with Crippen LogP contribution in [0.3, 0.4) is 0 Å². The summed E-state index contributed by atoms with van der Waals surface area (Å²) in [5, 5.41) is 2.77. The molecule has 0 radical (unpaired) electrons. The van der Waals surface area contributed by atoms with E-state index in [1.165, 1.54) is 6.20 Å². The van der Waals surface area contributed by atoms with Crippen molar-refractivity contribution >= 4 is 5.91 Å². The highest BCUT2D eigenvalue weighted by molar-refractivity contribution is 5.97. The number of hydrogen-bond acceptors (Lipinski definition) is 2. The molecule has 0 bridgehead atoms. The van der Waals surface area contributed by atoms with Gasteiger partial charge in [-0.1, -0.05) is 0 Å². The number of nitrogens with one attached hydrogen (secondary N) is 2. The number of hydrogen-bond donors (Lipinski definition) is 2. The Kier molecular flexibility index (Phi) is 3.56. The zero-order valence-corrected chi connectivity index (χ0v) is 12.9. The van der Waals surface area contributed by atoms with Crippen LogP contribution in [0.15, 0.2) is 36.5 Å². The summed E-state index contributed by atoms with van der Waals surface area (Å²) in [7, 11) is 0. The second-order valence-corrected chi connectivity index (χ2v) is 5.76. The van der Waals surface area contributed by atoms with Crippen molar-refractivity contribution < 1.29 is 18.0 Å². The van der Waals surface area contributed by atoms with Crippen molar-refractivity contribution in [3.8, 4) is 22.5 Å². The number of carbonyl (C=O) groups excluding carboxylic acids is 1. The summed E-state index contributed by atoms with van der Waals surface area (Å²) < 4.78 is 40.0. The lowest BCUT2D eigenvalue weighted by Gasteiger charge is -2.11. The monoisotopic (exact) mass is 343 g/mol. The van der Waals surface area contributed by atoms with E-state index in [2.05, 4.69) is 15.3 Å². The summed E-state index contributed by atoms with van der Waals surface area (Å²) in [5.74, 6) is -4.19. The van der Waals surface area contributed by atoms with E-state index in [1.54, 1.807) is 18.2 Å². The summed E-state index contributed by atoms with van der Waals surface area (Å²) >= 11 is 0. The minimum Gasteiger partial charge on any atom is -0.358 e. The van der Waals surface area contributed by atoms with Crippen molar-refractivity contribution in [3.63, 3.8) is 0 Å². The predicted molar refractivity (Wildman–Crippen MR) is 85.4 cm³/mol. The van der Waals surface area contributed by atoms with Crippen LogP contribution in [0.4, 0.5) is 13.2 Å². The summed E-state index contributed by atoms with van der Waals surface area (Å²) in [6.07, 6.45) is 2.19. The smallest absolute Gasteiger partial charge is 0.253 e. The first-order valence-electron chi connectivity index (χ1n) is 7.64. The molecule has 3 heterocycles. The maximum Gasteiger partial charge on any atom is 0.253 e. The number of amides is 1. The SMILES string of the molecule is O=C1NCCc2[nH]c(-c3ccnc(-c4cc(F)c(F)c(F)c4)c3)cc21. The highest BCUT2D eigenvalue weighted by Crippen LogP contribution is 2.28. The van der Waals surface area contributed by atoms with Gasteiger partial charge in [-0.3, -0.25) is 9.78 Å². The molecule has 0 spiro atoms. The quantitative estimate of drug-likeness (QED) is 0.700. The molecule has 1 aliphatic heterocycles. The number of benzene rings is 1. The third kappa shape index (κ3) is 2.67. The Morgan fingerprint density at radius 1 is 1.00 bits per heavy atom. The maximum absolute atomic E-state index is 13.5. The van der Waals surface area contributed by atoms with E-state index >= 15 is 0 Å². The fourth-order valence-corrected chi connectivity index (χ4v) is 2.91. The van der Waals surface area contributed by atoms with E-state index in [0.29, 0.717) is 35.5 Å². The van der Waals surface area contributed by atoms with E-state index in [0.717, 1.165) is 17.8 Å². The molecule has 2 N–H and O–H groups in total. The van der Waals surface area contributed by atoms with Crippen molar-refractivity contribution in [2.75, 3.05) is 6.54 Å². The van der Waals surface area contributed by atoms with Crippen molar-refractivity contribution in [1.82, 2.24) is 15.3 Å². The Balaban J connectivity index is 1.77. The third-order valence-corrected chi connectivity index (χ3v) is 4.16. The number of nitrogens with zero attached hydrogens (tertiary/aromatic N) is 1. The van der Waals surface area contributed by atoms with Gasteiger partial charge in [-0.15, -0.1) is 0 Å². The molecule has 4 rings (SSSR count). The van der Waals surface area contributed by atoms with Gasteiger partial charge in [0, 0.05) is 41.7 Å². The van der Waals surface area contributed by atoms with E-state index in [4.69, 9.17) is 0 Å². The van der Waals surface area contributed by atoms with Crippen LogP contribution in [0.2, 0.25) is 0 Å². The third-order valence-electron chi connectivity index (χ3n) is 4.16. The van der Waals surface area contributed by atoms with Crippen LogP contribution in [-0.2, 0) is 6.42 Å². The van der Waals surface area contributed by atoms with Crippen LogP contribution in [0.25, 0.3) is 22.5 Å². The molecule has 7 heteroatoms. The highest BCUT2D eigenvalue weighted by atomic mass is 19.2. The van der Waals surface area contributed by atoms with Gasteiger partial charge in [0.1, 0.15) is 0 Å². The molecule has 2 aromatic heterocycles. The zero-order valence-electron chi connectivity index (χ0n) is 12.9. The molecule has 0 fully saturated rings. The van der Waals surface area contributed by atoms with Gasteiger partial charge in [0.2, 0.25) is 0 Å². The summed E-state index contributed by atoms with van der Waals surface area (Å²) in [6, 6.07) is 6.88. The fraction of sp³-hybridized carbons (Fsp3) is 0.111. The van der Waals surface area contributed by atoms with Gasteiger partial charge in [-0.05, 0) is 30.3 Å². The largest absolute Gasteiger partial charge is 0.358 e. The molecule has 1 aliphatic rings. The van der Waals surface area contributed by atoms with Gasteiger partial charge in [-0.25, -0.2) is 13.2 Å². The fourth-order valence-electron chi connectivity index (χ4n) is 2.91. The van der Waals surface area contributed by atoms with Gasteiger partial charge >= 0.3 is 0 Å². The molecule has 0 saturated heterocycles. The molecule has 25 heavy (non-hydrogen) atoms. The second kappa shape index (κ2) is 5.77. The molecule has 0 atom stereocenters. The molecule has 126 valence electrons. The van der Waals surface area contributed by atoms with Crippen molar-refractivity contribution in [1.29, 1.82) is 0 Å². The average Bonchev–Trinajstić information content (AvgIpc) is 3.05. The average molecular weight is 343 g/mol. The number of carbonyl (C=O) groups is 1. The van der Waals surface area contributed by atoms with Gasteiger partial charge < -0.3 is 10.3 Å². The van der Waals surface area contributed by atoms with Crippen molar-refractivity contribution in [2.45, 2.75) is 6.42 Å². The van der Waals surface area contributed by atoms with Crippen LogP contribution in [0, 0.1) is 17.5 Å². The molecule has 3 aromatic rings. The molecule has 0 unspecified atom stereocenters. The van der Waals surface area contributed by atoms with Crippen LogP contribution < -0.4 is 5.32 Å². The molecule has 4 nitrogen and oxygen atoms in total. The topological polar surface area (TPSA) is 57.8 Å². The van der Waals surface area contributed by atoms with Crippen LogP contribution in [0.5, 0.6) is 0 Å². The predicted octanol–water partition coefficient (Wildman–Crippen LogP) is 3.45. The Hall–Kier alpha value is -3.09. The summed E-state index contributed by atoms with van der Waals surface area (Å²) in [5.41, 5.74) is 3.26. The number of fused-ring (bicyclic) bond motifs is 1. The number of rotatable bonds is 2. The van der Waals surface area contributed by atoms with E-state index in [9.17, 15) is 18.0 Å². The molecular formula is C18H12F3N3O. The first kappa shape index (κ1) is 15.4. The Labute approximate surface area is 140 Å². The molecule has 1 aromatic carbocycles. The Morgan fingerprint density at radius 2 is 1.76 bits per heavy atom. The van der Waals surface area contributed by atoms with Gasteiger partial charge in [0.15, 0.2) is 17.5 Å². The first-order chi connectivity index (χ1) is 12.0. The van der Waals surface area contributed by atoms with E-state index in [1.807, 2.05) is 0 Å². The lowest BCUT2D eigenvalue weighted by atomic mass is 10.1. The second-order valence-electron chi connectivity index (χ2n) is 5.76. The van der Waals surface area contributed by atoms with Gasteiger partial charge in [-0.2, -0.15) is 0 Å². The normalized spacial score (nSPS) is 13.5. The zero-order chi connectivity index (χ0) is 17.6. The van der Waals surface area contributed by atoms with E-state index < -0.39 is 17.5 Å². The summed E-state index contributed by atoms with van der Waals surface area (Å²) in [4.78, 5) is 19.2. The Bertz CT molecular complexity index is 974. The summed E-state index contributed by atoms with van der Waals surface area (Å²) in [6.45, 7) is 0.571. The number of pyridine rings is 1. The van der Waals surface area contributed by atoms with Crippen LogP contribution >= 0.6 is 0 Å². The molecule has 1 amide bonds. The van der Waals surface area contributed by atoms with Crippen LogP contribution in [-0.4, -0.2) is 22.4 Å². The van der Waals surface area contributed by atoms with E-state index in [-0.39, 0.29) is 11.5 Å². The minimum atomic E-state index is -1.51. The number of halogens is 3. The van der Waals surface area contributed by atoms with Crippen molar-refractivity contribution in [3.05, 3.63) is 65.2 Å². The van der Waals surface area contributed by atoms with Gasteiger partial charge in [0.05, 0.1) is 11.3 Å². The maximum atomic E-state index is 13.5. The number of H-pyrrole nitrogens is 1. The van der Waals surface area contributed by atoms with Crippen molar-refractivity contribution in [2.24, 2.45) is 0 Å². The van der Waals surface area contributed by atoms with Crippen LogP contribution in [0.1, 0.15) is 16.1 Å². The molecule has 0 saturated carbocycles. The molecule has 0 aliphatic carbocycles.